The lowest BCUT2D eigenvalue weighted by Crippen LogP contribution is -2.13. The molecule has 3 nitrogen and oxygen atoms in total. The van der Waals surface area contributed by atoms with E-state index in [1.807, 2.05) is 0 Å². The summed E-state index contributed by atoms with van der Waals surface area (Å²) in [5, 5.41) is 7.01. The average molecular weight is 402 g/mol. The third kappa shape index (κ3) is 2.73. The predicted octanol–water partition coefficient (Wildman–Crippen LogP) is 7.65. The molecule has 0 amide bonds. The molecule has 0 radical (unpaired) electrons. The molecule has 0 atom stereocenters. The molecular formula is C28H22N2O. The van der Waals surface area contributed by atoms with Crippen LogP contribution < -0.4 is 0 Å². The van der Waals surface area contributed by atoms with Crippen LogP contribution in [0, 0.1) is 0 Å². The molecule has 0 aliphatic heterocycles. The minimum absolute atomic E-state index is 0.0470. The van der Waals surface area contributed by atoms with Gasteiger partial charge in [0.1, 0.15) is 17.5 Å². The van der Waals surface area contributed by atoms with E-state index in [1.54, 1.807) is 6.33 Å². The molecule has 0 N–H and O–H groups in total. The zero-order valence-electron chi connectivity index (χ0n) is 17.8. The van der Waals surface area contributed by atoms with Gasteiger partial charge in [0.2, 0.25) is 0 Å². The van der Waals surface area contributed by atoms with E-state index < -0.39 is 0 Å². The molecule has 0 saturated heterocycles. The fraction of sp³-hybridized carbons (Fsp3) is 0.143. The van der Waals surface area contributed by atoms with Crippen molar-refractivity contribution < 1.29 is 4.42 Å². The molecule has 6 aromatic rings. The maximum atomic E-state index is 6.62. The first-order valence-corrected chi connectivity index (χ1v) is 10.6. The summed E-state index contributed by atoms with van der Waals surface area (Å²) in [6.45, 7) is 6.49. The van der Waals surface area contributed by atoms with Crippen LogP contribution in [0.15, 0.2) is 83.5 Å². The van der Waals surface area contributed by atoms with Gasteiger partial charge in [-0.1, -0.05) is 75.4 Å². The summed E-state index contributed by atoms with van der Waals surface area (Å²) >= 11 is 0. The SMILES string of the molecule is CC(C)(C)c1cc(-c2cccc3c2oc2c3ccc3ccc4ccccc4c32)ncn1. The van der Waals surface area contributed by atoms with Gasteiger partial charge in [0.05, 0.1) is 5.69 Å². The van der Waals surface area contributed by atoms with Gasteiger partial charge in [0, 0.05) is 32.8 Å². The van der Waals surface area contributed by atoms with E-state index in [1.165, 1.54) is 16.2 Å². The summed E-state index contributed by atoms with van der Waals surface area (Å²) in [6, 6.07) is 25.6. The number of benzene rings is 4. The molecule has 4 aromatic carbocycles. The fourth-order valence-corrected chi connectivity index (χ4v) is 4.46. The number of hydrogen-bond acceptors (Lipinski definition) is 3. The standard InChI is InChI=1S/C28H22N2O/c1-28(2,3)24-15-23(29-16-30-24)22-10-6-9-20-21-14-13-18-12-11-17-7-4-5-8-19(17)25(18)27(21)31-26(20)22/h4-16H,1-3H3. The largest absolute Gasteiger partial charge is 0.455 e. The summed E-state index contributed by atoms with van der Waals surface area (Å²) in [4.78, 5) is 9.08. The molecule has 0 aliphatic rings. The van der Waals surface area contributed by atoms with Crippen molar-refractivity contribution in [2.75, 3.05) is 0 Å². The Bertz CT molecular complexity index is 1620. The van der Waals surface area contributed by atoms with Gasteiger partial charge in [-0.2, -0.15) is 0 Å². The third-order valence-corrected chi connectivity index (χ3v) is 6.08. The van der Waals surface area contributed by atoms with Crippen LogP contribution >= 0.6 is 0 Å². The van der Waals surface area contributed by atoms with Crippen molar-refractivity contribution in [2.45, 2.75) is 26.2 Å². The molecule has 2 aromatic heterocycles. The zero-order chi connectivity index (χ0) is 21.2. The summed E-state index contributed by atoms with van der Waals surface area (Å²) < 4.78 is 6.62. The van der Waals surface area contributed by atoms with E-state index in [2.05, 4.69) is 104 Å². The Morgan fingerprint density at radius 2 is 1.42 bits per heavy atom. The van der Waals surface area contributed by atoms with Gasteiger partial charge in [0.25, 0.3) is 0 Å². The lowest BCUT2D eigenvalue weighted by Gasteiger charge is -2.17. The zero-order valence-corrected chi connectivity index (χ0v) is 17.8. The van der Waals surface area contributed by atoms with Gasteiger partial charge in [-0.05, 0) is 34.4 Å². The Hall–Kier alpha value is -3.72. The van der Waals surface area contributed by atoms with Crippen LogP contribution in [-0.4, -0.2) is 9.97 Å². The molecule has 0 bridgehead atoms. The molecule has 0 aliphatic carbocycles. The normalized spacial score (nSPS) is 12.4. The molecule has 0 saturated carbocycles. The maximum absolute atomic E-state index is 6.62. The first-order valence-electron chi connectivity index (χ1n) is 10.6. The Kier molecular flexibility index (Phi) is 3.73. The van der Waals surface area contributed by atoms with E-state index in [0.29, 0.717) is 0 Å². The van der Waals surface area contributed by atoms with E-state index in [0.717, 1.165) is 44.3 Å². The van der Waals surface area contributed by atoms with Crippen molar-refractivity contribution in [3.05, 3.63) is 84.8 Å². The van der Waals surface area contributed by atoms with Gasteiger partial charge in [-0.25, -0.2) is 9.97 Å². The third-order valence-electron chi connectivity index (χ3n) is 6.08. The van der Waals surface area contributed by atoms with E-state index >= 15 is 0 Å². The molecule has 31 heavy (non-hydrogen) atoms. The Morgan fingerprint density at radius 1 is 0.677 bits per heavy atom. The summed E-state index contributed by atoms with van der Waals surface area (Å²) in [6.07, 6.45) is 1.65. The highest BCUT2D eigenvalue weighted by atomic mass is 16.3. The number of hydrogen-bond donors (Lipinski definition) is 0. The van der Waals surface area contributed by atoms with Crippen molar-refractivity contribution >= 4 is 43.5 Å². The second-order valence-corrected chi connectivity index (χ2v) is 9.15. The molecule has 3 heteroatoms. The minimum atomic E-state index is -0.0470. The first-order chi connectivity index (χ1) is 15.0. The topological polar surface area (TPSA) is 38.9 Å². The van der Waals surface area contributed by atoms with Crippen molar-refractivity contribution in [3.63, 3.8) is 0 Å². The van der Waals surface area contributed by atoms with E-state index in [9.17, 15) is 0 Å². The molecule has 6 rings (SSSR count). The lowest BCUT2D eigenvalue weighted by molar-refractivity contribution is 0.567. The van der Waals surface area contributed by atoms with Crippen LogP contribution in [0.1, 0.15) is 26.5 Å². The molecular weight excluding hydrogens is 380 g/mol. The van der Waals surface area contributed by atoms with Crippen LogP contribution in [0.4, 0.5) is 0 Å². The second kappa shape index (κ2) is 6.39. The number of fused-ring (bicyclic) bond motifs is 7. The highest BCUT2D eigenvalue weighted by molar-refractivity contribution is 6.23. The fourth-order valence-electron chi connectivity index (χ4n) is 4.46. The smallest absolute Gasteiger partial charge is 0.144 e. The number of aromatic nitrogens is 2. The molecule has 0 unspecified atom stereocenters. The van der Waals surface area contributed by atoms with Gasteiger partial charge < -0.3 is 4.42 Å². The number of nitrogens with zero attached hydrogens (tertiary/aromatic N) is 2. The lowest BCUT2D eigenvalue weighted by atomic mass is 9.91. The van der Waals surface area contributed by atoms with E-state index in [-0.39, 0.29) is 5.41 Å². The highest BCUT2D eigenvalue weighted by Crippen LogP contribution is 2.40. The summed E-state index contributed by atoms with van der Waals surface area (Å²) in [7, 11) is 0. The van der Waals surface area contributed by atoms with Crippen LogP contribution in [0.25, 0.3) is 54.7 Å². The van der Waals surface area contributed by atoms with Crippen molar-refractivity contribution in [2.24, 2.45) is 0 Å². The Balaban J connectivity index is 1.71. The Morgan fingerprint density at radius 3 is 2.29 bits per heavy atom. The second-order valence-electron chi connectivity index (χ2n) is 9.15. The van der Waals surface area contributed by atoms with Crippen LogP contribution in [0.5, 0.6) is 0 Å². The van der Waals surface area contributed by atoms with E-state index in [4.69, 9.17) is 4.42 Å². The van der Waals surface area contributed by atoms with Crippen molar-refractivity contribution in [1.29, 1.82) is 0 Å². The predicted molar refractivity (Wildman–Crippen MR) is 128 cm³/mol. The quantitative estimate of drug-likeness (QED) is 0.265. The minimum Gasteiger partial charge on any atom is -0.455 e. The van der Waals surface area contributed by atoms with Crippen LogP contribution in [0.2, 0.25) is 0 Å². The van der Waals surface area contributed by atoms with Crippen molar-refractivity contribution in [3.8, 4) is 11.3 Å². The first kappa shape index (κ1) is 18.1. The summed E-state index contributed by atoms with van der Waals surface area (Å²) in [5.74, 6) is 0. The molecule has 0 spiro atoms. The maximum Gasteiger partial charge on any atom is 0.144 e. The number of rotatable bonds is 1. The monoisotopic (exact) mass is 402 g/mol. The molecule has 150 valence electrons. The molecule has 0 fully saturated rings. The van der Waals surface area contributed by atoms with Gasteiger partial charge in [-0.15, -0.1) is 0 Å². The van der Waals surface area contributed by atoms with Gasteiger partial charge in [0.15, 0.2) is 0 Å². The van der Waals surface area contributed by atoms with Crippen LogP contribution in [-0.2, 0) is 5.41 Å². The van der Waals surface area contributed by atoms with Crippen LogP contribution in [0.3, 0.4) is 0 Å². The number of para-hydroxylation sites is 1. The van der Waals surface area contributed by atoms with Gasteiger partial charge in [-0.3, -0.25) is 0 Å². The number of furan rings is 1. The summed E-state index contributed by atoms with van der Waals surface area (Å²) in [5.41, 5.74) is 4.66. The molecule has 2 heterocycles. The highest BCUT2D eigenvalue weighted by Gasteiger charge is 2.19. The van der Waals surface area contributed by atoms with Crippen molar-refractivity contribution in [1.82, 2.24) is 9.97 Å². The average Bonchev–Trinajstić information content (AvgIpc) is 3.17. The Labute approximate surface area is 180 Å². The van der Waals surface area contributed by atoms with Gasteiger partial charge >= 0.3 is 0 Å².